The van der Waals surface area contributed by atoms with Crippen LogP contribution in [0.25, 0.3) is 0 Å². The van der Waals surface area contributed by atoms with Crippen molar-refractivity contribution in [2.24, 2.45) is 11.7 Å². The minimum absolute atomic E-state index is 0. The average Bonchev–Trinajstić information content (AvgIpc) is 2.05. The molecule has 0 aliphatic heterocycles. The fourth-order valence-electron chi connectivity index (χ4n) is 1.31. The largest absolute Gasteiger partial charge is 0.481 e. The zero-order valence-corrected chi connectivity index (χ0v) is 6.98. The molecular weight excluding hydrogens is 192 g/mol. The number of hydrogen-bond donors (Lipinski definition) is 2. The minimum atomic E-state index is -2.89. The molecule has 0 bridgehead atoms. The summed E-state index contributed by atoms with van der Waals surface area (Å²) in [5.74, 6) is -5.19. The van der Waals surface area contributed by atoms with E-state index in [4.69, 9.17) is 10.8 Å². The van der Waals surface area contributed by atoms with E-state index in [1.54, 1.807) is 0 Å². The van der Waals surface area contributed by atoms with Gasteiger partial charge in [0.2, 0.25) is 0 Å². The summed E-state index contributed by atoms with van der Waals surface area (Å²) < 4.78 is 24.9. The third-order valence-corrected chi connectivity index (χ3v) is 1.89. The standard InChI is InChI=1S/C6H9F2NO2.ClH/c7-6(8)1-3(5(10)11)4(9)2-6;/h3-4H,1-2,9H2,(H,10,11);1H. The Morgan fingerprint density at radius 1 is 1.50 bits per heavy atom. The maximum absolute atomic E-state index is 12.5. The molecule has 0 spiro atoms. The van der Waals surface area contributed by atoms with Crippen LogP contribution in [0.4, 0.5) is 8.78 Å². The average molecular weight is 202 g/mol. The van der Waals surface area contributed by atoms with Crippen LogP contribution in [0.15, 0.2) is 0 Å². The second-order valence-electron chi connectivity index (χ2n) is 2.87. The van der Waals surface area contributed by atoms with E-state index in [-0.39, 0.29) is 12.4 Å². The van der Waals surface area contributed by atoms with Gasteiger partial charge in [0.15, 0.2) is 0 Å². The Kier molecular flexibility index (Phi) is 3.41. The first-order valence-corrected chi connectivity index (χ1v) is 3.28. The van der Waals surface area contributed by atoms with Crippen molar-refractivity contribution < 1.29 is 18.7 Å². The second-order valence-corrected chi connectivity index (χ2v) is 2.87. The summed E-state index contributed by atoms with van der Waals surface area (Å²) in [5, 5.41) is 8.40. The van der Waals surface area contributed by atoms with Crippen LogP contribution in [-0.2, 0) is 4.79 Å². The predicted molar refractivity (Wildman–Crippen MR) is 40.5 cm³/mol. The van der Waals surface area contributed by atoms with Gasteiger partial charge in [0.25, 0.3) is 5.92 Å². The molecule has 3 nitrogen and oxygen atoms in total. The van der Waals surface area contributed by atoms with Crippen LogP contribution in [0.2, 0.25) is 0 Å². The number of nitrogens with two attached hydrogens (primary N) is 1. The summed E-state index contributed by atoms with van der Waals surface area (Å²) in [5.41, 5.74) is 5.19. The SMILES string of the molecule is Cl.NC1CC(F)(F)CC1C(=O)O. The van der Waals surface area contributed by atoms with Crippen LogP contribution in [0.3, 0.4) is 0 Å². The molecule has 0 aromatic rings. The first-order valence-electron chi connectivity index (χ1n) is 3.28. The Morgan fingerprint density at radius 2 is 2.00 bits per heavy atom. The first kappa shape index (κ1) is 11.6. The van der Waals surface area contributed by atoms with Gasteiger partial charge < -0.3 is 10.8 Å². The van der Waals surface area contributed by atoms with Gasteiger partial charge in [0.1, 0.15) is 0 Å². The number of carboxylic acid groups (broad SMARTS) is 1. The summed E-state index contributed by atoms with van der Waals surface area (Å²) in [4.78, 5) is 10.3. The maximum atomic E-state index is 12.5. The zero-order valence-electron chi connectivity index (χ0n) is 6.17. The second kappa shape index (κ2) is 3.53. The summed E-state index contributed by atoms with van der Waals surface area (Å²) >= 11 is 0. The van der Waals surface area contributed by atoms with Crippen LogP contribution in [0, 0.1) is 5.92 Å². The lowest BCUT2D eigenvalue weighted by Crippen LogP contribution is -2.30. The van der Waals surface area contributed by atoms with Crippen molar-refractivity contribution in [3.8, 4) is 0 Å². The van der Waals surface area contributed by atoms with Crippen molar-refractivity contribution in [2.45, 2.75) is 24.8 Å². The Hall–Kier alpha value is -0.420. The molecule has 1 saturated carbocycles. The number of alkyl halides is 2. The normalized spacial score (nSPS) is 32.6. The number of carbonyl (C=O) groups is 1. The molecular formula is C6H10ClF2NO2. The van der Waals surface area contributed by atoms with E-state index in [0.717, 1.165) is 0 Å². The van der Waals surface area contributed by atoms with Crippen molar-refractivity contribution >= 4 is 18.4 Å². The highest BCUT2D eigenvalue weighted by Crippen LogP contribution is 2.38. The first-order chi connectivity index (χ1) is 4.92. The van der Waals surface area contributed by atoms with Crippen LogP contribution < -0.4 is 5.73 Å². The molecule has 0 saturated heterocycles. The molecule has 0 heterocycles. The van der Waals surface area contributed by atoms with Gasteiger partial charge >= 0.3 is 5.97 Å². The van der Waals surface area contributed by atoms with Gasteiger partial charge in [-0.2, -0.15) is 0 Å². The Labute approximate surface area is 74.3 Å². The van der Waals surface area contributed by atoms with E-state index in [2.05, 4.69) is 0 Å². The molecule has 0 radical (unpaired) electrons. The third-order valence-electron chi connectivity index (χ3n) is 1.89. The van der Waals surface area contributed by atoms with Crippen LogP contribution in [0.1, 0.15) is 12.8 Å². The van der Waals surface area contributed by atoms with E-state index in [0.29, 0.717) is 0 Å². The number of hydrogen-bond acceptors (Lipinski definition) is 2. The van der Waals surface area contributed by atoms with Crippen molar-refractivity contribution in [2.75, 3.05) is 0 Å². The fourth-order valence-corrected chi connectivity index (χ4v) is 1.31. The van der Waals surface area contributed by atoms with Crippen LogP contribution in [-0.4, -0.2) is 23.0 Å². The molecule has 6 heteroatoms. The topological polar surface area (TPSA) is 63.3 Å². The van der Waals surface area contributed by atoms with Gasteiger partial charge in [-0.1, -0.05) is 0 Å². The lowest BCUT2D eigenvalue weighted by atomic mass is 10.1. The van der Waals surface area contributed by atoms with E-state index in [1.165, 1.54) is 0 Å². The molecule has 1 rings (SSSR count). The summed E-state index contributed by atoms with van der Waals surface area (Å²) in [6.45, 7) is 0. The third kappa shape index (κ3) is 2.28. The molecule has 12 heavy (non-hydrogen) atoms. The molecule has 2 atom stereocenters. The van der Waals surface area contributed by atoms with Crippen LogP contribution >= 0.6 is 12.4 Å². The predicted octanol–water partition coefficient (Wildman–Crippen LogP) is 0.865. The number of carboxylic acids is 1. The number of rotatable bonds is 1. The van der Waals surface area contributed by atoms with Crippen LogP contribution in [0.5, 0.6) is 0 Å². The lowest BCUT2D eigenvalue weighted by Gasteiger charge is -2.06. The molecule has 0 amide bonds. The highest BCUT2D eigenvalue weighted by molar-refractivity contribution is 5.85. The lowest BCUT2D eigenvalue weighted by molar-refractivity contribution is -0.142. The smallest absolute Gasteiger partial charge is 0.308 e. The molecule has 1 fully saturated rings. The highest BCUT2D eigenvalue weighted by atomic mass is 35.5. The molecule has 0 aromatic heterocycles. The van der Waals surface area contributed by atoms with Crippen molar-refractivity contribution in [3.63, 3.8) is 0 Å². The van der Waals surface area contributed by atoms with E-state index in [9.17, 15) is 13.6 Å². The number of halogens is 3. The molecule has 2 unspecified atom stereocenters. The summed E-state index contributed by atoms with van der Waals surface area (Å²) in [7, 11) is 0. The van der Waals surface area contributed by atoms with Crippen molar-refractivity contribution in [1.29, 1.82) is 0 Å². The van der Waals surface area contributed by atoms with E-state index in [1.807, 2.05) is 0 Å². The van der Waals surface area contributed by atoms with Gasteiger partial charge in [0.05, 0.1) is 5.92 Å². The minimum Gasteiger partial charge on any atom is -0.481 e. The number of aliphatic carboxylic acids is 1. The molecule has 3 N–H and O–H groups in total. The van der Waals surface area contributed by atoms with E-state index < -0.39 is 36.7 Å². The molecule has 72 valence electrons. The van der Waals surface area contributed by atoms with Gasteiger partial charge in [-0.05, 0) is 0 Å². The quantitative estimate of drug-likeness (QED) is 0.662. The fraction of sp³-hybridized carbons (Fsp3) is 0.833. The van der Waals surface area contributed by atoms with Gasteiger partial charge in [0, 0.05) is 18.9 Å². The molecule has 0 aromatic carbocycles. The van der Waals surface area contributed by atoms with Gasteiger partial charge in [-0.15, -0.1) is 12.4 Å². The Balaban J connectivity index is 0.00000121. The van der Waals surface area contributed by atoms with Gasteiger partial charge in [-0.3, -0.25) is 4.79 Å². The Bertz CT molecular complexity index is 188. The summed E-state index contributed by atoms with van der Waals surface area (Å²) in [6, 6.07) is -0.900. The summed E-state index contributed by atoms with van der Waals surface area (Å²) in [6.07, 6.45) is -1.13. The van der Waals surface area contributed by atoms with Gasteiger partial charge in [-0.25, -0.2) is 8.78 Å². The monoisotopic (exact) mass is 201 g/mol. The van der Waals surface area contributed by atoms with Crippen molar-refractivity contribution in [3.05, 3.63) is 0 Å². The Morgan fingerprint density at radius 3 is 2.17 bits per heavy atom. The maximum Gasteiger partial charge on any atom is 0.308 e. The van der Waals surface area contributed by atoms with Crippen molar-refractivity contribution in [1.82, 2.24) is 0 Å². The highest BCUT2D eigenvalue weighted by Gasteiger charge is 2.47. The molecule has 1 aliphatic rings. The molecule has 1 aliphatic carbocycles. The van der Waals surface area contributed by atoms with E-state index >= 15 is 0 Å². The zero-order chi connectivity index (χ0) is 8.65.